The van der Waals surface area contributed by atoms with Crippen molar-refractivity contribution in [1.82, 2.24) is 14.5 Å². The standard InChI is InChI=1S/C32H33ClF3N3O6/c1-43-22-6-3-20(4-7-22)17-39-18-25(24-9-12-37-30(33)29(24)39)31(42,32(34,35)36)19-38-13-10-23(11-14-38)45-26-8-5-21(16-28(40)41)15-27(26)44-2/h3-9,12,15,18,23,42H,10-11,13-14,16-17,19H2,1-2H3,(H,40,41). The molecular formula is C32H33ClF3N3O6. The van der Waals surface area contributed by atoms with Gasteiger partial charge in [0.2, 0.25) is 5.60 Å². The summed E-state index contributed by atoms with van der Waals surface area (Å²) in [5, 5.41) is 20.8. The van der Waals surface area contributed by atoms with Crippen molar-refractivity contribution >= 4 is 28.5 Å². The molecule has 45 heavy (non-hydrogen) atoms. The number of aliphatic carboxylic acids is 1. The van der Waals surface area contributed by atoms with E-state index in [0.29, 0.717) is 41.2 Å². The van der Waals surface area contributed by atoms with Crippen LogP contribution in [0.5, 0.6) is 17.2 Å². The Morgan fingerprint density at radius 3 is 2.33 bits per heavy atom. The van der Waals surface area contributed by atoms with Crippen molar-refractivity contribution in [3.63, 3.8) is 0 Å². The number of β-amino-alcohol motifs (C(OH)–C–C–N with tert-alkyl or cyclic N) is 1. The number of fused-ring (bicyclic) bond motifs is 1. The lowest BCUT2D eigenvalue weighted by Crippen LogP contribution is -2.53. The molecule has 2 N–H and O–H groups in total. The molecule has 0 saturated carbocycles. The average Bonchev–Trinajstić information content (AvgIpc) is 3.38. The number of ether oxygens (including phenoxy) is 3. The highest BCUT2D eigenvalue weighted by molar-refractivity contribution is 6.34. The SMILES string of the molecule is COc1ccc(Cn2cc(C(O)(CN3CCC(Oc4ccc(CC(=O)O)cc4OC)CC3)C(F)(F)F)c3ccnc(Cl)c32)cc1. The molecule has 9 nitrogen and oxygen atoms in total. The molecule has 1 saturated heterocycles. The second-order valence-corrected chi connectivity index (χ2v) is 11.4. The van der Waals surface area contributed by atoms with Crippen LogP contribution in [-0.4, -0.2) is 76.8 Å². The van der Waals surface area contributed by atoms with Gasteiger partial charge in [-0.1, -0.05) is 29.8 Å². The zero-order valence-corrected chi connectivity index (χ0v) is 25.4. The minimum absolute atomic E-state index is 0.0289. The van der Waals surface area contributed by atoms with Crippen LogP contribution in [-0.2, 0) is 23.4 Å². The number of carbonyl (C=O) groups is 1. The van der Waals surface area contributed by atoms with Gasteiger partial charge < -0.3 is 29.0 Å². The number of aliphatic hydroxyl groups is 1. The van der Waals surface area contributed by atoms with Gasteiger partial charge in [0, 0.05) is 49.5 Å². The second-order valence-electron chi connectivity index (χ2n) is 11.0. The Bertz CT molecular complexity index is 1650. The van der Waals surface area contributed by atoms with Crippen LogP contribution >= 0.6 is 11.6 Å². The quantitative estimate of drug-likeness (QED) is 0.201. The van der Waals surface area contributed by atoms with Crippen LogP contribution in [0.1, 0.15) is 29.5 Å². The molecule has 2 aromatic heterocycles. The van der Waals surface area contributed by atoms with Crippen LogP contribution in [0.15, 0.2) is 60.9 Å². The number of aromatic nitrogens is 2. The molecule has 0 bridgehead atoms. The van der Waals surface area contributed by atoms with Crippen molar-refractivity contribution in [2.24, 2.45) is 0 Å². The van der Waals surface area contributed by atoms with E-state index in [9.17, 15) is 23.1 Å². The van der Waals surface area contributed by atoms with Crippen molar-refractivity contribution < 1.29 is 42.4 Å². The number of carboxylic acid groups (broad SMARTS) is 1. The summed E-state index contributed by atoms with van der Waals surface area (Å²) in [5.74, 6) is 0.470. The number of halogens is 4. The van der Waals surface area contributed by atoms with E-state index in [1.54, 1.807) is 59.0 Å². The highest BCUT2D eigenvalue weighted by Crippen LogP contribution is 2.44. The number of likely N-dealkylation sites (tertiary alicyclic amines) is 1. The Hall–Kier alpha value is -4.00. The number of carboxylic acids is 1. The van der Waals surface area contributed by atoms with E-state index in [4.69, 9.17) is 30.9 Å². The van der Waals surface area contributed by atoms with Gasteiger partial charge >= 0.3 is 12.1 Å². The number of rotatable bonds is 11. The number of hydrogen-bond donors (Lipinski definition) is 2. The van der Waals surface area contributed by atoms with E-state index in [2.05, 4.69) is 4.98 Å². The highest BCUT2D eigenvalue weighted by Gasteiger charge is 2.57. The smallest absolute Gasteiger partial charge is 0.422 e. The van der Waals surface area contributed by atoms with Gasteiger partial charge in [-0.3, -0.25) is 9.69 Å². The number of pyridine rings is 1. The molecule has 5 rings (SSSR count). The molecule has 240 valence electrons. The number of alkyl halides is 3. The molecule has 3 heterocycles. The maximum Gasteiger partial charge on any atom is 0.422 e. The fourth-order valence-corrected chi connectivity index (χ4v) is 5.97. The van der Waals surface area contributed by atoms with Gasteiger partial charge in [0.1, 0.15) is 11.9 Å². The first kappa shape index (κ1) is 32.4. The van der Waals surface area contributed by atoms with Crippen molar-refractivity contribution in [1.29, 1.82) is 0 Å². The molecule has 1 atom stereocenters. The molecule has 0 amide bonds. The van der Waals surface area contributed by atoms with Crippen LogP contribution in [0.4, 0.5) is 13.2 Å². The van der Waals surface area contributed by atoms with Gasteiger partial charge in [-0.15, -0.1) is 0 Å². The van der Waals surface area contributed by atoms with E-state index in [1.807, 2.05) is 0 Å². The summed E-state index contributed by atoms with van der Waals surface area (Å²) in [5.41, 5.74) is -1.85. The van der Waals surface area contributed by atoms with E-state index in [-0.39, 0.29) is 48.3 Å². The van der Waals surface area contributed by atoms with Crippen molar-refractivity contribution in [3.05, 3.63) is 82.8 Å². The van der Waals surface area contributed by atoms with E-state index in [0.717, 1.165) is 5.56 Å². The number of nitrogens with zero attached hydrogens (tertiary/aromatic N) is 3. The van der Waals surface area contributed by atoms with E-state index >= 15 is 0 Å². The molecule has 0 radical (unpaired) electrons. The first-order valence-corrected chi connectivity index (χ1v) is 14.6. The molecule has 2 aromatic carbocycles. The third-order valence-electron chi connectivity index (χ3n) is 8.03. The first-order valence-electron chi connectivity index (χ1n) is 14.3. The summed E-state index contributed by atoms with van der Waals surface area (Å²) in [4.78, 5) is 16.7. The average molecular weight is 648 g/mol. The summed E-state index contributed by atoms with van der Waals surface area (Å²) < 4.78 is 62.7. The molecule has 1 aliphatic rings. The van der Waals surface area contributed by atoms with Crippen molar-refractivity contribution in [2.75, 3.05) is 33.9 Å². The van der Waals surface area contributed by atoms with Gasteiger partial charge in [-0.05, 0) is 54.3 Å². The zero-order chi connectivity index (χ0) is 32.4. The number of hydrogen-bond acceptors (Lipinski definition) is 7. The predicted octanol–water partition coefficient (Wildman–Crippen LogP) is 5.68. The molecular weight excluding hydrogens is 615 g/mol. The second kappa shape index (κ2) is 13.2. The summed E-state index contributed by atoms with van der Waals surface area (Å²) in [6, 6.07) is 13.4. The Balaban J connectivity index is 1.36. The molecule has 0 aliphatic carbocycles. The van der Waals surface area contributed by atoms with Crippen LogP contribution in [0, 0.1) is 0 Å². The molecule has 13 heteroatoms. The fraction of sp³-hybridized carbons (Fsp3) is 0.375. The predicted molar refractivity (Wildman–Crippen MR) is 161 cm³/mol. The topological polar surface area (TPSA) is 106 Å². The number of benzene rings is 2. The molecule has 1 fully saturated rings. The largest absolute Gasteiger partial charge is 0.497 e. The summed E-state index contributed by atoms with van der Waals surface area (Å²) >= 11 is 6.41. The minimum atomic E-state index is -5.00. The summed E-state index contributed by atoms with van der Waals surface area (Å²) in [7, 11) is 2.99. The Morgan fingerprint density at radius 2 is 1.71 bits per heavy atom. The van der Waals surface area contributed by atoms with Crippen LogP contribution < -0.4 is 14.2 Å². The first-order chi connectivity index (χ1) is 21.4. The normalized spacial score (nSPS) is 16.0. The van der Waals surface area contributed by atoms with Gasteiger partial charge in [-0.2, -0.15) is 13.2 Å². The van der Waals surface area contributed by atoms with Gasteiger partial charge in [0.05, 0.1) is 26.2 Å². The molecule has 1 aliphatic heterocycles. The van der Waals surface area contributed by atoms with Crippen molar-refractivity contribution in [2.45, 2.75) is 43.7 Å². The Kier molecular flexibility index (Phi) is 9.47. The number of methoxy groups -OCH3 is 2. The third-order valence-corrected chi connectivity index (χ3v) is 8.31. The Morgan fingerprint density at radius 1 is 1.02 bits per heavy atom. The highest BCUT2D eigenvalue weighted by atomic mass is 35.5. The van der Waals surface area contributed by atoms with E-state index < -0.39 is 24.3 Å². The minimum Gasteiger partial charge on any atom is -0.497 e. The summed E-state index contributed by atoms with van der Waals surface area (Å²) in [6.07, 6.45) is -2.03. The zero-order valence-electron chi connectivity index (χ0n) is 24.7. The maximum atomic E-state index is 14.8. The summed E-state index contributed by atoms with van der Waals surface area (Å²) in [6.45, 7) is 0.00584. The molecule has 0 spiro atoms. The van der Waals surface area contributed by atoms with Gasteiger partial charge in [-0.25, -0.2) is 4.98 Å². The monoisotopic (exact) mass is 647 g/mol. The van der Waals surface area contributed by atoms with Crippen molar-refractivity contribution in [3.8, 4) is 17.2 Å². The number of piperidine rings is 1. The third kappa shape index (κ3) is 6.98. The fourth-order valence-electron chi connectivity index (χ4n) is 5.70. The molecule has 1 unspecified atom stereocenters. The maximum absolute atomic E-state index is 14.8. The van der Waals surface area contributed by atoms with E-state index in [1.165, 1.54) is 25.6 Å². The lowest BCUT2D eigenvalue weighted by atomic mass is 9.91. The Labute approximate surface area is 262 Å². The van der Waals surface area contributed by atoms with Gasteiger partial charge in [0.25, 0.3) is 0 Å². The lowest BCUT2D eigenvalue weighted by molar-refractivity contribution is -0.272. The lowest BCUT2D eigenvalue weighted by Gasteiger charge is -2.39. The van der Waals surface area contributed by atoms with Crippen LogP contribution in [0.25, 0.3) is 10.9 Å². The van der Waals surface area contributed by atoms with Crippen LogP contribution in [0.3, 0.4) is 0 Å². The van der Waals surface area contributed by atoms with Gasteiger partial charge in [0.15, 0.2) is 16.7 Å². The van der Waals surface area contributed by atoms with Crippen LogP contribution in [0.2, 0.25) is 5.15 Å². The molecule has 4 aromatic rings.